The molecule has 0 unspecified atom stereocenters. The molecule has 0 spiro atoms. The largest absolute Gasteiger partial charge is 0.490 e. The van der Waals surface area contributed by atoms with E-state index in [-0.39, 0.29) is 17.6 Å². The first-order valence-electron chi connectivity index (χ1n) is 9.21. The van der Waals surface area contributed by atoms with Crippen molar-refractivity contribution in [2.24, 2.45) is 7.05 Å². The summed E-state index contributed by atoms with van der Waals surface area (Å²) in [4.78, 5) is 37.8. The van der Waals surface area contributed by atoms with Crippen LogP contribution in [-0.2, 0) is 11.8 Å². The molecule has 1 saturated heterocycles. The SMILES string of the molecule is COC(=O)c1ccc(C(=O)N2CCC(Oc3cc(C)n(C)c(=O)c3)CC2)cc1. The molecule has 0 aliphatic carbocycles. The first kappa shape index (κ1) is 19.7. The van der Waals surface area contributed by atoms with E-state index in [2.05, 4.69) is 4.74 Å². The second kappa shape index (κ2) is 8.29. The lowest BCUT2D eigenvalue weighted by Gasteiger charge is -2.32. The van der Waals surface area contributed by atoms with Crippen LogP contribution < -0.4 is 10.3 Å². The van der Waals surface area contributed by atoms with Gasteiger partial charge < -0.3 is 18.9 Å². The first-order chi connectivity index (χ1) is 13.4. The molecule has 3 rings (SSSR count). The van der Waals surface area contributed by atoms with Crippen molar-refractivity contribution in [2.45, 2.75) is 25.9 Å². The number of pyridine rings is 1. The molecule has 1 aliphatic rings. The summed E-state index contributed by atoms with van der Waals surface area (Å²) in [7, 11) is 3.05. The second-order valence-corrected chi connectivity index (χ2v) is 6.91. The zero-order valence-corrected chi connectivity index (χ0v) is 16.3. The average molecular weight is 384 g/mol. The highest BCUT2D eigenvalue weighted by atomic mass is 16.5. The summed E-state index contributed by atoms with van der Waals surface area (Å²) in [6, 6.07) is 9.80. The molecule has 1 aliphatic heterocycles. The number of amides is 1. The summed E-state index contributed by atoms with van der Waals surface area (Å²) in [5.74, 6) is 0.0750. The second-order valence-electron chi connectivity index (χ2n) is 6.91. The quantitative estimate of drug-likeness (QED) is 0.755. The maximum atomic E-state index is 12.7. The molecule has 0 saturated carbocycles. The standard InChI is InChI=1S/C21H24N2O5/c1-14-12-18(13-19(24)22(14)2)28-17-8-10-23(11-9-17)20(25)15-4-6-16(7-5-15)21(26)27-3/h4-7,12-13,17H,8-11H2,1-3H3. The van der Waals surface area contributed by atoms with E-state index in [4.69, 9.17) is 4.74 Å². The molecule has 0 bridgehead atoms. The van der Waals surface area contributed by atoms with E-state index in [1.54, 1.807) is 40.8 Å². The summed E-state index contributed by atoms with van der Waals surface area (Å²) in [6.07, 6.45) is 1.36. The summed E-state index contributed by atoms with van der Waals surface area (Å²) in [5.41, 5.74) is 1.69. The fourth-order valence-electron chi connectivity index (χ4n) is 3.22. The zero-order valence-electron chi connectivity index (χ0n) is 16.3. The number of aromatic nitrogens is 1. The van der Waals surface area contributed by atoms with E-state index in [1.165, 1.54) is 13.2 Å². The molecule has 2 aromatic rings. The Morgan fingerprint density at radius 3 is 2.21 bits per heavy atom. The Bertz CT molecular complexity index is 925. The molecule has 2 heterocycles. The van der Waals surface area contributed by atoms with Gasteiger partial charge in [-0.15, -0.1) is 0 Å². The topological polar surface area (TPSA) is 77.8 Å². The monoisotopic (exact) mass is 384 g/mol. The van der Waals surface area contributed by atoms with Crippen molar-refractivity contribution in [3.63, 3.8) is 0 Å². The minimum Gasteiger partial charge on any atom is -0.490 e. The Morgan fingerprint density at radius 1 is 1.04 bits per heavy atom. The number of carbonyl (C=O) groups is 2. The van der Waals surface area contributed by atoms with Crippen LogP contribution in [0.25, 0.3) is 0 Å². The van der Waals surface area contributed by atoms with Gasteiger partial charge in [-0.1, -0.05) is 0 Å². The van der Waals surface area contributed by atoms with Gasteiger partial charge in [-0.05, 0) is 37.3 Å². The van der Waals surface area contributed by atoms with Gasteiger partial charge in [0.1, 0.15) is 11.9 Å². The smallest absolute Gasteiger partial charge is 0.337 e. The molecule has 1 amide bonds. The normalized spacial score (nSPS) is 14.6. The minimum absolute atomic E-state index is 0.0303. The lowest BCUT2D eigenvalue weighted by atomic mass is 10.1. The van der Waals surface area contributed by atoms with E-state index in [9.17, 15) is 14.4 Å². The van der Waals surface area contributed by atoms with Crippen LogP contribution in [0.15, 0.2) is 41.2 Å². The van der Waals surface area contributed by atoms with E-state index in [0.29, 0.717) is 42.8 Å². The van der Waals surface area contributed by atoms with Crippen LogP contribution in [0.1, 0.15) is 39.3 Å². The molecular weight excluding hydrogens is 360 g/mol. The van der Waals surface area contributed by atoms with Crippen LogP contribution >= 0.6 is 0 Å². The number of likely N-dealkylation sites (tertiary alicyclic amines) is 1. The predicted octanol–water partition coefficient (Wildman–Crippen LogP) is 2.16. The van der Waals surface area contributed by atoms with Crippen LogP contribution in [0.5, 0.6) is 5.75 Å². The number of esters is 1. The number of ether oxygens (including phenoxy) is 2. The molecule has 0 radical (unpaired) electrons. The third-order valence-corrected chi connectivity index (χ3v) is 5.06. The molecule has 28 heavy (non-hydrogen) atoms. The summed E-state index contributed by atoms with van der Waals surface area (Å²) < 4.78 is 12.2. The van der Waals surface area contributed by atoms with Crippen LogP contribution in [0, 0.1) is 6.92 Å². The van der Waals surface area contributed by atoms with Crippen molar-refractivity contribution in [2.75, 3.05) is 20.2 Å². The first-order valence-corrected chi connectivity index (χ1v) is 9.21. The number of nitrogens with zero attached hydrogens (tertiary/aromatic N) is 2. The maximum absolute atomic E-state index is 12.7. The summed E-state index contributed by atoms with van der Waals surface area (Å²) >= 11 is 0. The number of aryl methyl sites for hydroxylation is 1. The van der Waals surface area contributed by atoms with Crippen molar-refractivity contribution >= 4 is 11.9 Å². The Kier molecular flexibility index (Phi) is 5.82. The molecular formula is C21H24N2O5. The highest BCUT2D eigenvalue weighted by Gasteiger charge is 2.25. The Labute approximate surface area is 163 Å². The summed E-state index contributed by atoms with van der Waals surface area (Å²) in [6.45, 7) is 3.01. The molecule has 1 fully saturated rings. The average Bonchev–Trinajstić information content (AvgIpc) is 2.71. The summed E-state index contributed by atoms with van der Waals surface area (Å²) in [5, 5.41) is 0. The lowest BCUT2D eigenvalue weighted by molar-refractivity contribution is 0.0584. The van der Waals surface area contributed by atoms with Crippen molar-refractivity contribution in [3.8, 4) is 5.75 Å². The Morgan fingerprint density at radius 2 is 1.64 bits per heavy atom. The Balaban J connectivity index is 1.58. The fourth-order valence-corrected chi connectivity index (χ4v) is 3.22. The van der Waals surface area contributed by atoms with Crippen molar-refractivity contribution in [1.29, 1.82) is 0 Å². The highest BCUT2D eigenvalue weighted by Crippen LogP contribution is 2.20. The van der Waals surface area contributed by atoms with Gasteiger partial charge in [0.25, 0.3) is 11.5 Å². The zero-order chi connectivity index (χ0) is 20.3. The number of hydrogen-bond acceptors (Lipinski definition) is 5. The molecule has 7 heteroatoms. The maximum Gasteiger partial charge on any atom is 0.337 e. The van der Waals surface area contributed by atoms with Gasteiger partial charge in [0, 0.05) is 50.3 Å². The van der Waals surface area contributed by atoms with E-state index >= 15 is 0 Å². The number of methoxy groups -OCH3 is 1. The van der Waals surface area contributed by atoms with Gasteiger partial charge >= 0.3 is 5.97 Å². The number of carbonyl (C=O) groups excluding carboxylic acids is 2. The lowest BCUT2D eigenvalue weighted by Crippen LogP contribution is -2.41. The number of hydrogen-bond donors (Lipinski definition) is 0. The molecule has 7 nitrogen and oxygen atoms in total. The fraction of sp³-hybridized carbons (Fsp3) is 0.381. The van der Waals surface area contributed by atoms with Gasteiger partial charge in [-0.2, -0.15) is 0 Å². The van der Waals surface area contributed by atoms with Gasteiger partial charge in [-0.3, -0.25) is 9.59 Å². The van der Waals surface area contributed by atoms with Crippen LogP contribution in [0.4, 0.5) is 0 Å². The predicted molar refractivity (Wildman–Crippen MR) is 104 cm³/mol. The van der Waals surface area contributed by atoms with Gasteiger partial charge in [-0.25, -0.2) is 4.79 Å². The molecule has 0 atom stereocenters. The van der Waals surface area contributed by atoms with E-state index in [0.717, 1.165) is 5.69 Å². The van der Waals surface area contributed by atoms with Crippen LogP contribution in [0.3, 0.4) is 0 Å². The van der Waals surface area contributed by atoms with Crippen molar-refractivity contribution in [1.82, 2.24) is 9.47 Å². The third-order valence-electron chi connectivity index (χ3n) is 5.06. The molecule has 148 valence electrons. The van der Waals surface area contributed by atoms with Crippen molar-refractivity contribution < 1.29 is 19.1 Å². The van der Waals surface area contributed by atoms with Gasteiger partial charge in [0.2, 0.25) is 0 Å². The highest BCUT2D eigenvalue weighted by molar-refractivity contribution is 5.96. The van der Waals surface area contributed by atoms with Gasteiger partial charge in [0.15, 0.2) is 0 Å². The number of piperidine rings is 1. The van der Waals surface area contributed by atoms with Crippen molar-refractivity contribution in [3.05, 3.63) is 63.6 Å². The number of rotatable bonds is 4. The molecule has 1 aromatic carbocycles. The van der Waals surface area contributed by atoms with E-state index < -0.39 is 5.97 Å². The minimum atomic E-state index is -0.428. The van der Waals surface area contributed by atoms with Gasteiger partial charge in [0.05, 0.1) is 12.7 Å². The number of benzene rings is 1. The third kappa shape index (κ3) is 4.24. The van der Waals surface area contributed by atoms with Crippen LogP contribution in [-0.4, -0.2) is 47.6 Å². The van der Waals surface area contributed by atoms with Crippen LogP contribution in [0.2, 0.25) is 0 Å². The molecule has 1 aromatic heterocycles. The Hall–Kier alpha value is -3.09. The molecule has 0 N–H and O–H groups in total. The van der Waals surface area contributed by atoms with E-state index in [1.807, 2.05) is 13.0 Å².